The van der Waals surface area contributed by atoms with Crippen molar-refractivity contribution < 1.29 is 30.6 Å². The molecule has 1 atom stereocenters. The first kappa shape index (κ1) is 16.8. The van der Waals surface area contributed by atoms with Crippen LogP contribution in [0.4, 0.5) is 0 Å². The van der Waals surface area contributed by atoms with E-state index < -0.39 is 7.37 Å². The van der Waals surface area contributed by atoms with Crippen molar-refractivity contribution in [2.45, 2.75) is 26.8 Å². The Bertz CT molecular complexity index is 367. The molecule has 0 aliphatic rings. The standard InChI is InChI=1S/C12H21NO2P.BrH/c1-4-15-16(3,14)11-5-8-13-9-6-12(2)7-10-13;/h6-7,9-10H,4-5,8,11H2,1-3H3;1H/q+1;/p-1. The molecule has 17 heavy (non-hydrogen) atoms. The molecule has 3 nitrogen and oxygen atoms in total. The number of halogens is 1. The average molecular weight is 322 g/mol. The first-order valence-corrected chi connectivity index (χ1v) is 7.96. The second-order valence-corrected chi connectivity index (χ2v) is 6.86. The zero-order valence-corrected chi connectivity index (χ0v) is 13.2. The van der Waals surface area contributed by atoms with Crippen LogP contribution in [-0.2, 0) is 15.6 Å². The van der Waals surface area contributed by atoms with E-state index >= 15 is 0 Å². The quantitative estimate of drug-likeness (QED) is 0.528. The summed E-state index contributed by atoms with van der Waals surface area (Å²) in [5, 5.41) is 0. The van der Waals surface area contributed by atoms with Crippen LogP contribution >= 0.6 is 7.37 Å². The van der Waals surface area contributed by atoms with E-state index in [0.29, 0.717) is 12.8 Å². The van der Waals surface area contributed by atoms with Crippen LogP contribution in [0.15, 0.2) is 24.5 Å². The molecule has 0 amide bonds. The number of hydrogen-bond donors (Lipinski definition) is 0. The molecule has 0 saturated heterocycles. The first-order valence-electron chi connectivity index (χ1n) is 5.70. The van der Waals surface area contributed by atoms with Crippen molar-refractivity contribution in [3.8, 4) is 0 Å². The van der Waals surface area contributed by atoms with Crippen LogP contribution in [0.1, 0.15) is 18.9 Å². The van der Waals surface area contributed by atoms with E-state index in [1.54, 1.807) is 6.66 Å². The third-order valence-electron chi connectivity index (χ3n) is 2.44. The van der Waals surface area contributed by atoms with Gasteiger partial charge in [-0.15, -0.1) is 0 Å². The Kier molecular flexibility index (Phi) is 7.93. The van der Waals surface area contributed by atoms with Gasteiger partial charge in [-0.2, -0.15) is 0 Å². The SMILES string of the molecule is CCOP(C)(=O)CCC[n+]1ccc(C)cc1.[Br-]. The molecule has 0 aliphatic carbocycles. The molecule has 0 bridgehead atoms. The van der Waals surface area contributed by atoms with Gasteiger partial charge in [-0.25, -0.2) is 4.57 Å². The molecular weight excluding hydrogens is 301 g/mol. The molecule has 1 heterocycles. The molecule has 0 radical (unpaired) electrons. The maximum atomic E-state index is 11.8. The zero-order chi connectivity index (χ0) is 12.0. The van der Waals surface area contributed by atoms with Gasteiger partial charge in [0, 0.05) is 31.4 Å². The van der Waals surface area contributed by atoms with Crippen molar-refractivity contribution in [3.05, 3.63) is 30.1 Å². The van der Waals surface area contributed by atoms with Gasteiger partial charge in [0.1, 0.15) is 6.54 Å². The van der Waals surface area contributed by atoms with Gasteiger partial charge in [-0.3, -0.25) is 4.57 Å². The highest BCUT2D eigenvalue weighted by atomic mass is 79.9. The first-order chi connectivity index (χ1) is 7.53. The molecule has 1 unspecified atom stereocenters. The number of pyridine rings is 1. The maximum absolute atomic E-state index is 11.8. The summed E-state index contributed by atoms with van der Waals surface area (Å²) in [5.74, 6) is 0. The van der Waals surface area contributed by atoms with Crippen LogP contribution in [0.25, 0.3) is 0 Å². The Labute approximate surface area is 114 Å². The highest BCUT2D eigenvalue weighted by molar-refractivity contribution is 7.58. The average Bonchev–Trinajstić information content (AvgIpc) is 2.20. The molecular formula is C12H21BrNO2P. The predicted octanol–water partition coefficient (Wildman–Crippen LogP) is -0.379. The lowest BCUT2D eigenvalue weighted by molar-refractivity contribution is -0.696. The summed E-state index contributed by atoms with van der Waals surface area (Å²) < 4.78 is 19.2. The van der Waals surface area contributed by atoms with E-state index in [1.807, 2.05) is 6.92 Å². The van der Waals surface area contributed by atoms with Gasteiger partial charge in [0.25, 0.3) is 0 Å². The van der Waals surface area contributed by atoms with Crippen molar-refractivity contribution in [1.82, 2.24) is 0 Å². The molecule has 98 valence electrons. The number of rotatable bonds is 6. The second kappa shape index (κ2) is 8.02. The predicted molar refractivity (Wildman–Crippen MR) is 66.0 cm³/mol. The summed E-state index contributed by atoms with van der Waals surface area (Å²) in [6, 6.07) is 4.15. The zero-order valence-electron chi connectivity index (χ0n) is 10.7. The largest absolute Gasteiger partial charge is 1.00 e. The minimum absolute atomic E-state index is 0. The van der Waals surface area contributed by atoms with Gasteiger partial charge in [0.15, 0.2) is 19.8 Å². The third kappa shape index (κ3) is 6.97. The third-order valence-corrected chi connectivity index (χ3v) is 4.37. The molecule has 1 aromatic rings. The molecule has 0 N–H and O–H groups in total. The minimum Gasteiger partial charge on any atom is -1.00 e. The fourth-order valence-electron chi connectivity index (χ4n) is 1.56. The fraction of sp³-hybridized carbons (Fsp3) is 0.583. The van der Waals surface area contributed by atoms with E-state index in [9.17, 15) is 4.57 Å². The van der Waals surface area contributed by atoms with Crippen molar-refractivity contribution >= 4 is 7.37 Å². The van der Waals surface area contributed by atoms with Gasteiger partial charge >= 0.3 is 0 Å². The van der Waals surface area contributed by atoms with Crippen LogP contribution in [-0.4, -0.2) is 19.4 Å². The highest BCUT2D eigenvalue weighted by Gasteiger charge is 2.15. The summed E-state index contributed by atoms with van der Waals surface area (Å²) in [4.78, 5) is 0. The molecule has 0 fully saturated rings. The highest BCUT2D eigenvalue weighted by Crippen LogP contribution is 2.42. The monoisotopic (exact) mass is 321 g/mol. The van der Waals surface area contributed by atoms with Crippen molar-refractivity contribution in [3.63, 3.8) is 0 Å². The number of aromatic nitrogens is 1. The Morgan fingerprint density at radius 1 is 1.35 bits per heavy atom. The summed E-state index contributed by atoms with van der Waals surface area (Å²) in [6.45, 7) is 7.09. The van der Waals surface area contributed by atoms with Gasteiger partial charge in [0.2, 0.25) is 0 Å². The van der Waals surface area contributed by atoms with Crippen LogP contribution in [0.3, 0.4) is 0 Å². The number of aryl methyl sites for hydroxylation is 2. The molecule has 0 aliphatic heterocycles. The van der Waals surface area contributed by atoms with Crippen LogP contribution in [0, 0.1) is 6.92 Å². The van der Waals surface area contributed by atoms with E-state index in [2.05, 4.69) is 36.0 Å². The summed E-state index contributed by atoms with van der Waals surface area (Å²) in [6.07, 6.45) is 5.65. The van der Waals surface area contributed by atoms with E-state index in [1.165, 1.54) is 5.56 Å². The summed E-state index contributed by atoms with van der Waals surface area (Å²) in [5.41, 5.74) is 1.26. The lowest BCUT2D eigenvalue weighted by atomic mass is 10.3. The van der Waals surface area contributed by atoms with E-state index in [-0.39, 0.29) is 17.0 Å². The smallest absolute Gasteiger partial charge is 0.200 e. The number of nitrogens with zero attached hydrogens (tertiary/aromatic N) is 1. The Hall–Kier alpha value is -0.180. The Morgan fingerprint density at radius 3 is 2.47 bits per heavy atom. The summed E-state index contributed by atoms with van der Waals surface area (Å²) >= 11 is 0. The lowest BCUT2D eigenvalue weighted by Crippen LogP contribution is -3.00. The molecule has 0 aromatic carbocycles. The van der Waals surface area contributed by atoms with Crippen molar-refractivity contribution in [2.24, 2.45) is 0 Å². The molecule has 0 spiro atoms. The van der Waals surface area contributed by atoms with E-state index in [0.717, 1.165) is 13.0 Å². The van der Waals surface area contributed by atoms with Gasteiger partial charge in [0.05, 0.1) is 6.61 Å². The van der Waals surface area contributed by atoms with Gasteiger partial charge in [-0.05, 0) is 19.4 Å². The number of hydrogen-bond acceptors (Lipinski definition) is 2. The van der Waals surface area contributed by atoms with Gasteiger partial charge in [-0.1, -0.05) is 0 Å². The minimum atomic E-state index is -2.35. The molecule has 0 saturated carbocycles. The fourth-order valence-corrected chi connectivity index (χ4v) is 2.95. The summed E-state index contributed by atoms with van der Waals surface area (Å²) in [7, 11) is -2.35. The molecule has 1 rings (SSSR count). The van der Waals surface area contributed by atoms with Crippen LogP contribution < -0.4 is 21.5 Å². The Balaban J connectivity index is 0.00000256. The lowest BCUT2D eigenvalue weighted by Gasteiger charge is -2.10. The Morgan fingerprint density at radius 2 is 1.94 bits per heavy atom. The second-order valence-electron chi connectivity index (χ2n) is 4.12. The molecule has 5 heteroatoms. The maximum Gasteiger partial charge on any atom is 0.200 e. The van der Waals surface area contributed by atoms with Gasteiger partial charge < -0.3 is 21.5 Å². The van der Waals surface area contributed by atoms with Crippen LogP contribution in [0.2, 0.25) is 0 Å². The van der Waals surface area contributed by atoms with E-state index in [4.69, 9.17) is 4.52 Å². The molecule has 1 aromatic heterocycles. The van der Waals surface area contributed by atoms with Crippen LogP contribution in [0.5, 0.6) is 0 Å². The normalized spacial score (nSPS) is 13.8. The topological polar surface area (TPSA) is 30.2 Å². The van der Waals surface area contributed by atoms with Crippen molar-refractivity contribution in [1.29, 1.82) is 0 Å². The van der Waals surface area contributed by atoms with Crippen molar-refractivity contribution in [2.75, 3.05) is 19.4 Å².